The Morgan fingerprint density at radius 1 is 1.31 bits per heavy atom. The number of nitrogens with zero attached hydrogens (tertiary/aromatic N) is 5. The van der Waals surface area contributed by atoms with Crippen molar-refractivity contribution in [1.82, 2.24) is 29.3 Å². The van der Waals surface area contributed by atoms with Gasteiger partial charge in [0.05, 0.1) is 23.3 Å². The number of rotatable bonds is 4. The predicted octanol–water partition coefficient (Wildman–Crippen LogP) is 2.67. The van der Waals surface area contributed by atoms with E-state index in [1.807, 2.05) is 30.7 Å². The summed E-state index contributed by atoms with van der Waals surface area (Å²) in [6.45, 7) is 9.23. The smallest absolute Gasteiger partial charge is 0.276 e. The van der Waals surface area contributed by atoms with Crippen molar-refractivity contribution in [3.8, 4) is 11.3 Å². The number of fused-ring (bicyclic) bond motifs is 2. The number of hydrogen-bond donors (Lipinski definition) is 1. The van der Waals surface area contributed by atoms with E-state index in [1.165, 1.54) is 5.56 Å². The van der Waals surface area contributed by atoms with Gasteiger partial charge in [-0.1, -0.05) is 0 Å². The maximum atomic E-state index is 13.0. The van der Waals surface area contributed by atoms with Gasteiger partial charge < -0.3 is 4.42 Å². The lowest BCUT2D eigenvalue weighted by molar-refractivity contribution is 0.240. The van der Waals surface area contributed by atoms with Gasteiger partial charge in [-0.05, 0) is 33.3 Å². The zero-order valence-electron chi connectivity index (χ0n) is 16.9. The number of aryl methyl sites for hydroxylation is 3. The Hall–Kier alpha value is -3.13. The molecule has 5 rings (SSSR count). The fourth-order valence-electron chi connectivity index (χ4n) is 4.10. The van der Waals surface area contributed by atoms with Crippen LogP contribution < -0.4 is 5.56 Å². The van der Waals surface area contributed by atoms with Crippen LogP contribution in [0.15, 0.2) is 33.8 Å². The Balaban J connectivity index is 1.47. The summed E-state index contributed by atoms with van der Waals surface area (Å²) in [4.78, 5) is 20.2. The summed E-state index contributed by atoms with van der Waals surface area (Å²) in [6.07, 6.45) is 4.46. The molecule has 1 aliphatic heterocycles. The first-order valence-corrected chi connectivity index (χ1v) is 9.96. The summed E-state index contributed by atoms with van der Waals surface area (Å²) in [7, 11) is 0. The highest BCUT2D eigenvalue weighted by Crippen LogP contribution is 2.24. The Morgan fingerprint density at radius 3 is 2.90 bits per heavy atom. The van der Waals surface area contributed by atoms with Crippen LogP contribution in [0.2, 0.25) is 0 Å². The predicted molar refractivity (Wildman–Crippen MR) is 109 cm³/mol. The van der Waals surface area contributed by atoms with Gasteiger partial charge in [0.25, 0.3) is 5.56 Å². The largest absolute Gasteiger partial charge is 0.469 e. The quantitative estimate of drug-likeness (QED) is 0.577. The molecular weight excluding hydrogens is 368 g/mol. The van der Waals surface area contributed by atoms with Crippen molar-refractivity contribution in [2.24, 2.45) is 0 Å². The zero-order chi connectivity index (χ0) is 20.1. The van der Waals surface area contributed by atoms with E-state index in [0.717, 1.165) is 53.6 Å². The number of furan rings is 1. The Kier molecular flexibility index (Phi) is 4.16. The second kappa shape index (κ2) is 6.73. The Bertz CT molecular complexity index is 1260. The van der Waals surface area contributed by atoms with Gasteiger partial charge in [-0.25, -0.2) is 9.50 Å². The van der Waals surface area contributed by atoms with Crippen LogP contribution in [0.3, 0.4) is 0 Å². The molecule has 0 radical (unpaired) electrons. The van der Waals surface area contributed by atoms with Crippen molar-refractivity contribution < 1.29 is 4.42 Å². The molecular formula is C21H24N6O2. The van der Waals surface area contributed by atoms with Crippen LogP contribution in [0.1, 0.15) is 35.2 Å². The van der Waals surface area contributed by atoms with Crippen molar-refractivity contribution in [3.63, 3.8) is 0 Å². The molecule has 0 saturated heterocycles. The number of hydrogen-bond acceptors (Lipinski definition) is 5. The molecule has 8 heteroatoms. The SMILES string of the molecule is CCn1cc(CN2CCc3c(nc4cc(-c5ccoc5C)[nH]n4c3=O)C2)c(C)n1. The van der Waals surface area contributed by atoms with Crippen LogP contribution in [0.25, 0.3) is 16.9 Å². The molecule has 0 saturated carbocycles. The van der Waals surface area contributed by atoms with E-state index in [0.29, 0.717) is 18.6 Å². The maximum absolute atomic E-state index is 13.0. The van der Waals surface area contributed by atoms with Gasteiger partial charge in [0.15, 0.2) is 5.65 Å². The van der Waals surface area contributed by atoms with Crippen LogP contribution in [-0.2, 0) is 26.1 Å². The summed E-state index contributed by atoms with van der Waals surface area (Å²) < 4.78 is 8.91. The molecule has 0 unspecified atom stereocenters. The van der Waals surface area contributed by atoms with Crippen LogP contribution in [-0.4, -0.2) is 35.8 Å². The number of nitrogens with one attached hydrogen (secondary N) is 1. The van der Waals surface area contributed by atoms with Crippen molar-refractivity contribution in [2.45, 2.75) is 46.8 Å². The normalized spacial score (nSPS) is 14.6. The molecule has 0 amide bonds. The fourth-order valence-corrected chi connectivity index (χ4v) is 4.10. The van der Waals surface area contributed by atoms with Gasteiger partial charge in [-0.3, -0.25) is 19.5 Å². The van der Waals surface area contributed by atoms with Gasteiger partial charge in [-0.15, -0.1) is 0 Å². The van der Waals surface area contributed by atoms with E-state index < -0.39 is 0 Å². The molecule has 0 atom stereocenters. The number of H-pyrrole nitrogens is 1. The lowest BCUT2D eigenvalue weighted by Crippen LogP contribution is -2.36. The first-order chi connectivity index (χ1) is 14.0. The van der Waals surface area contributed by atoms with Crippen molar-refractivity contribution in [1.29, 1.82) is 0 Å². The lowest BCUT2D eigenvalue weighted by atomic mass is 10.1. The second-order valence-corrected chi connectivity index (χ2v) is 7.65. The highest BCUT2D eigenvalue weighted by atomic mass is 16.3. The van der Waals surface area contributed by atoms with E-state index in [9.17, 15) is 4.79 Å². The molecule has 29 heavy (non-hydrogen) atoms. The van der Waals surface area contributed by atoms with E-state index >= 15 is 0 Å². The van der Waals surface area contributed by atoms with Crippen molar-refractivity contribution in [2.75, 3.05) is 6.54 Å². The minimum absolute atomic E-state index is 0.00738. The zero-order valence-corrected chi connectivity index (χ0v) is 16.9. The average Bonchev–Trinajstić information content (AvgIpc) is 3.40. The average molecular weight is 392 g/mol. The molecule has 1 aliphatic rings. The number of aromatic amines is 1. The van der Waals surface area contributed by atoms with E-state index in [-0.39, 0.29) is 5.56 Å². The van der Waals surface area contributed by atoms with Crippen molar-refractivity contribution >= 4 is 5.65 Å². The molecule has 1 N–H and O–H groups in total. The second-order valence-electron chi connectivity index (χ2n) is 7.65. The maximum Gasteiger partial charge on any atom is 0.276 e. The molecule has 0 aromatic carbocycles. The van der Waals surface area contributed by atoms with Gasteiger partial charge in [0, 0.05) is 55.1 Å². The fraction of sp³-hybridized carbons (Fsp3) is 0.381. The van der Waals surface area contributed by atoms with Crippen LogP contribution in [0.4, 0.5) is 0 Å². The third kappa shape index (κ3) is 3.00. The standard InChI is InChI=1S/C21H24N6O2/c1-4-26-11-15(13(2)23-26)10-25-7-5-17-19(12-25)22-20-9-18(24-27(20)21(17)28)16-6-8-29-14(16)3/h6,8-9,11,24H,4-5,7,10,12H2,1-3H3. The minimum atomic E-state index is -0.00738. The Morgan fingerprint density at radius 2 is 2.17 bits per heavy atom. The molecule has 5 heterocycles. The van der Waals surface area contributed by atoms with Crippen LogP contribution >= 0.6 is 0 Å². The topological polar surface area (TPSA) is 84.4 Å². The minimum Gasteiger partial charge on any atom is -0.469 e. The van der Waals surface area contributed by atoms with Gasteiger partial charge in [0.2, 0.25) is 0 Å². The molecule has 150 valence electrons. The molecule has 0 spiro atoms. The summed E-state index contributed by atoms with van der Waals surface area (Å²) in [5, 5.41) is 7.72. The van der Waals surface area contributed by atoms with Gasteiger partial charge in [-0.2, -0.15) is 5.10 Å². The highest BCUT2D eigenvalue weighted by molar-refractivity contribution is 5.65. The summed E-state index contributed by atoms with van der Waals surface area (Å²) in [6, 6.07) is 3.80. The van der Waals surface area contributed by atoms with E-state index in [1.54, 1.807) is 10.8 Å². The molecule has 4 aromatic rings. The van der Waals surface area contributed by atoms with E-state index in [4.69, 9.17) is 9.40 Å². The summed E-state index contributed by atoms with van der Waals surface area (Å²) >= 11 is 0. The van der Waals surface area contributed by atoms with Crippen LogP contribution in [0, 0.1) is 13.8 Å². The van der Waals surface area contributed by atoms with E-state index in [2.05, 4.69) is 28.2 Å². The summed E-state index contributed by atoms with van der Waals surface area (Å²) in [5.74, 6) is 0.809. The van der Waals surface area contributed by atoms with Gasteiger partial charge >= 0.3 is 0 Å². The monoisotopic (exact) mass is 392 g/mol. The van der Waals surface area contributed by atoms with Crippen LogP contribution in [0.5, 0.6) is 0 Å². The Labute approximate surface area is 167 Å². The first-order valence-electron chi connectivity index (χ1n) is 9.96. The molecule has 0 bridgehead atoms. The number of aromatic nitrogens is 5. The third-order valence-corrected chi connectivity index (χ3v) is 5.76. The molecule has 0 fully saturated rings. The molecule has 0 aliphatic carbocycles. The molecule has 8 nitrogen and oxygen atoms in total. The summed E-state index contributed by atoms with van der Waals surface area (Å²) in [5.41, 5.74) is 6.38. The van der Waals surface area contributed by atoms with Gasteiger partial charge in [0.1, 0.15) is 5.76 Å². The molecule has 4 aromatic heterocycles. The van der Waals surface area contributed by atoms with Crippen molar-refractivity contribution in [3.05, 3.63) is 63.2 Å². The third-order valence-electron chi connectivity index (χ3n) is 5.76. The highest BCUT2D eigenvalue weighted by Gasteiger charge is 2.23. The first kappa shape index (κ1) is 17.9. The lowest BCUT2D eigenvalue weighted by Gasteiger charge is -2.27.